The van der Waals surface area contributed by atoms with Gasteiger partial charge < -0.3 is 19.4 Å². The Morgan fingerprint density at radius 1 is 1.20 bits per heavy atom. The Kier molecular flexibility index (Phi) is 10.4. The number of hydrogen-bond donors (Lipinski definition) is 1. The van der Waals surface area contributed by atoms with Crippen LogP contribution in [0.3, 0.4) is 0 Å². The van der Waals surface area contributed by atoms with Crippen molar-refractivity contribution >= 4 is 23.7 Å². The first-order valence-electron chi connectivity index (χ1n) is 10.0. The second-order valence-electron chi connectivity index (χ2n) is 8.27. The van der Waals surface area contributed by atoms with Crippen LogP contribution >= 0.6 is 11.8 Å². The summed E-state index contributed by atoms with van der Waals surface area (Å²) < 4.78 is 9.19. The van der Waals surface area contributed by atoms with E-state index in [4.69, 9.17) is 21.2 Å². The van der Waals surface area contributed by atoms with Crippen LogP contribution in [0.2, 0.25) is 0 Å². The topological polar surface area (TPSA) is 77.2 Å². The standard InChI is InChI=1S/C23H33NO5S/c1-17(20(26)29-13-12-25)16-30-23(4,21(27)28-6)15-19(14-22(2,3)24-5)18-10-8-7-9-11-18/h7-11,17,19,25H,12-16H2,1-4,6H3. The monoisotopic (exact) mass is 435 g/mol. The molecule has 1 aromatic rings. The minimum atomic E-state index is -0.890. The van der Waals surface area contributed by atoms with Crippen molar-refractivity contribution in [3.8, 4) is 0 Å². The molecular weight excluding hydrogens is 402 g/mol. The minimum Gasteiger partial charge on any atom is -0.468 e. The normalized spacial score (nSPS) is 15.4. The van der Waals surface area contributed by atoms with Crippen LogP contribution in [0.25, 0.3) is 4.85 Å². The fourth-order valence-corrected chi connectivity index (χ4v) is 4.51. The summed E-state index contributed by atoms with van der Waals surface area (Å²) in [6.45, 7) is 14.6. The second-order valence-corrected chi connectivity index (χ2v) is 9.79. The number of esters is 2. The lowest BCUT2D eigenvalue weighted by molar-refractivity contribution is -0.148. The molecule has 1 aromatic carbocycles. The summed E-state index contributed by atoms with van der Waals surface area (Å²) in [4.78, 5) is 28.5. The third-order valence-electron chi connectivity index (χ3n) is 4.96. The van der Waals surface area contributed by atoms with Crippen molar-refractivity contribution in [2.24, 2.45) is 5.92 Å². The summed E-state index contributed by atoms with van der Waals surface area (Å²) in [7, 11) is 1.36. The Bertz CT molecular complexity index is 731. The van der Waals surface area contributed by atoms with E-state index in [0.29, 0.717) is 18.6 Å². The molecule has 0 heterocycles. The van der Waals surface area contributed by atoms with E-state index < -0.39 is 22.2 Å². The molecule has 0 saturated heterocycles. The summed E-state index contributed by atoms with van der Waals surface area (Å²) in [5, 5.41) is 8.82. The van der Waals surface area contributed by atoms with Crippen molar-refractivity contribution in [3.05, 3.63) is 47.3 Å². The van der Waals surface area contributed by atoms with Crippen LogP contribution in [0.1, 0.15) is 52.0 Å². The van der Waals surface area contributed by atoms with Gasteiger partial charge in [0.1, 0.15) is 11.4 Å². The molecule has 0 aliphatic heterocycles. The lowest BCUT2D eigenvalue weighted by atomic mass is 9.81. The highest BCUT2D eigenvalue weighted by atomic mass is 32.2. The van der Waals surface area contributed by atoms with Crippen LogP contribution < -0.4 is 0 Å². The summed E-state index contributed by atoms with van der Waals surface area (Å²) in [5.41, 5.74) is 0.504. The number of aliphatic hydroxyl groups is 1. The number of carbonyl (C=O) groups is 2. The van der Waals surface area contributed by atoms with Gasteiger partial charge in [-0.3, -0.25) is 9.59 Å². The van der Waals surface area contributed by atoms with Gasteiger partial charge in [-0.25, -0.2) is 6.57 Å². The zero-order valence-corrected chi connectivity index (χ0v) is 19.3. The summed E-state index contributed by atoms with van der Waals surface area (Å²) in [5.74, 6) is -0.838. The maximum Gasteiger partial charge on any atom is 0.321 e. The van der Waals surface area contributed by atoms with Gasteiger partial charge in [0, 0.05) is 26.0 Å². The highest BCUT2D eigenvalue weighted by Gasteiger charge is 2.41. The predicted molar refractivity (Wildman–Crippen MR) is 119 cm³/mol. The van der Waals surface area contributed by atoms with Crippen LogP contribution in [-0.4, -0.2) is 53.4 Å². The molecule has 0 aliphatic rings. The van der Waals surface area contributed by atoms with E-state index in [1.54, 1.807) is 6.92 Å². The van der Waals surface area contributed by atoms with E-state index in [-0.39, 0.29) is 25.1 Å². The van der Waals surface area contributed by atoms with Crippen molar-refractivity contribution < 1.29 is 24.2 Å². The molecule has 0 amide bonds. The molecule has 0 radical (unpaired) electrons. The van der Waals surface area contributed by atoms with Gasteiger partial charge in [0.25, 0.3) is 0 Å². The predicted octanol–water partition coefficient (Wildman–Crippen LogP) is 4.08. The molecule has 1 rings (SSSR count). The second kappa shape index (κ2) is 12.0. The number of carbonyl (C=O) groups excluding carboxylic acids is 2. The van der Waals surface area contributed by atoms with Crippen LogP contribution in [0.5, 0.6) is 0 Å². The van der Waals surface area contributed by atoms with Gasteiger partial charge in [0.15, 0.2) is 0 Å². The summed E-state index contributed by atoms with van der Waals surface area (Å²) in [6, 6.07) is 9.88. The number of aliphatic hydroxyl groups excluding tert-OH is 1. The lowest BCUT2D eigenvalue weighted by Gasteiger charge is -2.32. The van der Waals surface area contributed by atoms with Crippen LogP contribution in [0, 0.1) is 12.5 Å². The van der Waals surface area contributed by atoms with E-state index in [2.05, 4.69) is 4.85 Å². The van der Waals surface area contributed by atoms with Crippen molar-refractivity contribution in [2.75, 3.05) is 26.1 Å². The number of methoxy groups -OCH3 is 1. The molecular formula is C23H33NO5S. The third-order valence-corrected chi connectivity index (χ3v) is 6.60. The van der Waals surface area contributed by atoms with E-state index >= 15 is 0 Å². The van der Waals surface area contributed by atoms with Gasteiger partial charge in [-0.05, 0) is 24.8 Å². The molecule has 0 spiro atoms. The molecule has 0 bridgehead atoms. The maximum absolute atomic E-state index is 12.7. The number of nitrogens with zero attached hydrogens (tertiary/aromatic N) is 1. The number of rotatable bonds is 12. The average Bonchev–Trinajstić information content (AvgIpc) is 2.75. The Labute approximate surface area is 184 Å². The summed E-state index contributed by atoms with van der Waals surface area (Å²) >= 11 is 1.37. The highest BCUT2D eigenvalue weighted by molar-refractivity contribution is 8.01. The fraction of sp³-hybridized carbons (Fsp3) is 0.609. The first kappa shape index (κ1) is 26.0. The van der Waals surface area contributed by atoms with Crippen LogP contribution in [0.15, 0.2) is 30.3 Å². The molecule has 166 valence electrons. The van der Waals surface area contributed by atoms with Crippen molar-refractivity contribution in [1.29, 1.82) is 0 Å². The van der Waals surface area contributed by atoms with Gasteiger partial charge in [-0.15, -0.1) is 11.8 Å². The molecule has 0 aliphatic carbocycles. The number of benzene rings is 1. The van der Waals surface area contributed by atoms with E-state index in [9.17, 15) is 9.59 Å². The highest BCUT2D eigenvalue weighted by Crippen LogP contribution is 2.41. The molecule has 3 atom stereocenters. The first-order valence-corrected chi connectivity index (χ1v) is 11.0. The Balaban J connectivity index is 3.06. The van der Waals surface area contributed by atoms with Gasteiger partial charge >= 0.3 is 11.9 Å². The third kappa shape index (κ3) is 8.00. The lowest BCUT2D eigenvalue weighted by Crippen LogP contribution is -2.37. The fourth-order valence-electron chi connectivity index (χ4n) is 3.23. The molecule has 30 heavy (non-hydrogen) atoms. The van der Waals surface area contributed by atoms with Crippen LogP contribution in [-0.2, 0) is 19.1 Å². The molecule has 6 nitrogen and oxygen atoms in total. The molecule has 0 fully saturated rings. The van der Waals surface area contributed by atoms with Gasteiger partial charge in [0.05, 0.1) is 19.6 Å². The van der Waals surface area contributed by atoms with Gasteiger partial charge in [-0.2, -0.15) is 0 Å². The number of ether oxygens (including phenoxy) is 2. The Morgan fingerprint density at radius 2 is 1.83 bits per heavy atom. The minimum absolute atomic E-state index is 0.0245. The van der Waals surface area contributed by atoms with Gasteiger partial charge in [-0.1, -0.05) is 37.3 Å². The molecule has 7 heteroatoms. The van der Waals surface area contributed by atoms with Crippen molar-refractivity contribution in [3.63, 3.8) is 0 Å². The average molecular weight is 436 g/mol. The quantitative estimate of drug-likeness (QED) is 0.394. The number of hydrogen-bond acceptors (Lipinski definition) is 6. The zero-order valence-electron chi connectivity index (χ0n) is 18.5. The Hall–Kier alpha value is -2.04. The molecule has 0 aromatic heterocycles. The number of thioether (sulfide) groups is 1. The van der Waals surface area contributed by atoms with E-state index in [0.717, 1.165) is 5.56 Å². The van der Waals surface area contributed by atoms with Crippen molar-refractivity contribution in [1.82, 2.24) is 0 Å². The largest absolute Gasteiger partial charge is 0.468 e. The SMILES string of the molecule is [C-]#[N+]C(C)(C)CC(CC(C)(SCC(C)C(=O)OCCO)C(=O)OC)c1ccccc1. The maximum atomic E-state index is 12.7. The van der Waals surface area contributed by atoms with Gasteiger partial charge in [0.2, 0.25) is 5.54 Å². The zero-order chi connectivity index (χ0) is 22.8. The summed E-state index contributed by atoms with van der Waals surface area (Å²) in [6.07, 6.45) is 1.08. The molecule has 3 unspecified atom stereocenters. The van der Waals surface area contributed by atoms with Crippen LogP contribution in [0.4, 0.5) is 0 Å². The molecule has 1 N–H and O–H groups in total. The Morgan fingerprint density at radius 3 is 2.37 bits per heavy atom. The smallest absolute Gasteiger partial charge is 0.321 e. The van der Waals surface area contributed by atoms with E-state index in [1.165, 1.54) is 18.9 Å². The van der Waals surface area contributed by atoms with E-state index in [1.807, 2.05) is 51.1 Å². The molecule has 0 saturated carbocycles. The van der Waals surface area contributed by atoms with Crippen molar-refractivity contribution in [2.45, 2.75) is 56.7 Å². The first-order chi connectivity index (χ1) is 14.1.